The summed E-state index contributed by atoms with van der Waals surface area (Å²) in [7, 11) is 1.95. The SMILES string of the molecule is CNc1ncnc(N2CCC(c3nc(-c4ccc(F)c(Cl)c4)cn3CCN3CCCC3)CC2)c1C1CCC1. The number of hydrogen-bond donors (Lipinski definition) is 1. The molecule has 2 aliphatic heterocycles. The molecule has 0 atom stereocenters. The molecule has 1 aliphatic carbocycles. The minimum absolute atomic E-state index is 0.136. The van der Waals surface area contributed by atoms with Gasteiger partial charge >= 0.3 is 0 Å². The standard InChI is InChI=1S/C29H37ClFN7/c1-32-27-26(20-5-4-6-20)29(34-19-33-27)37-13-9-21(10-14-37)28-35-25(22-7-8-24(31)23(30)17-22)18-38(28)16-15-36-11-2-3-12-36/h7-8,17-21H,2-6,9-16H2,1H3,(H,32,33,34). The third-order valence-corrected chi connectivity index (χ3v) is 8.94. The van der Waals surface area contributed by atoms with E-state index in [-0.39, 0.29) is 5.02 Å². The molecule has 38 heavy (non-hydrogen) atoms. The Kier molecular flexibility index (Phi) is 7.52. The Morgan fingerprint density at radius 3 is 2.45 bits per heavy atom. The molecule has 202 valence electrons. The van der Waals surface area contributed by atoms with Gasteiger partial charge in [-0.2, -0.15) is 0 Å². The third kappa shape index (κ3) is 5.13. The summed E-state index contributed by atoms with van der Waals surface area (Å²) in [5.41, 5.74) is 3.02. The van der Waals surface area contributed by atoms with Crippen LogP contribution in [-0.4, -0.2) is 64.2 Å². The first-order chi connectivity index (χ1) is 18.6. The fraction of sp³-hybridized carbons (Fsp3) is 0.552. The van der Waals surface area contributed by atoms with Crippen LogP contribution in [0.25, 0.3) is 11.3 Å². The van der Waals surface area contributed by atoms with Gasteiger partial charge in [0.05, 0.1) is 10.7 Å². The van der Waals surface area contributed by atoms with Crippen LogP contribution in [0.4, 0.5) is 16.0 Å². The molecule has 0 radical (unpaired) electrons. The fourth-order valence-electron chi connectivity index (χ4n) is 6.24. The third-order valence-electron chi connectivity index (χ3n) is 8.65. The van der Waals surface area contributed by atoms with Gasteiger partial charge < -0.3 is 19.7 Å². The maximum Gasteiger partial charge on any atom is 0.141 e. The summed E-state index contributed by atoms with van der Waals surface area (Å²) < 4.78 is 16.2. The molecule has 1 N–H and O–H groups in total. The molecule has 0 unspecified atom stereocenters. The Morgan fingerprint density at radius 2 is 1.76 bits per heavy atom. The van der Waals surface area contributed by atoms with Gasteiger partial charge in [0.1, 0.15) is 29.6 Å². The number of hydrogen-bond acceptors (Lipinski definition) is 6. The number of piperidine rings is 1. The molecule has 1 aromatic carbocycles. The average Bonchev–Trinajstić information content (AvgIpc) is 3.59. The summed E-state index contributed by atoms with van der Waals surface area (Å²) in [6.07, 6.45) is 12.2. The normalized spacial score (nSPS) is 19.2. The van der Waals surface area contributed by atoms with Crippen molar-refractivity contribution in [2.24, 2.45) is 0 Å². The smallest absolute Gasteiger partial charge is 0.141 e. The number of nitrogens with one attached hydrogen (secondary N) is 1. The van der Waals surface area contributed by atoms with Crippen molar-refractivity contribution in [3.63, 3.8) is 0 Å². The van der Waals surface area contributed by atoms with Crippen molar-refractivity contribution in [2.45, 2.75) is 63.3 Å². The van der Waals surface area contributed by atoms with Gasteiger partial charge in [-0.25, -0.2) is 19.3 Å². The first-order valence-electron chi connectivity index (χ1n) is 14.1. The van der Waals surface area contributed by atoms with Crippen LogP contribution in [0.5, 0.6) is 0 Å². The summed E-state index contributed by atoms with van der Waals surface area (Å²) in [6, 6.07) is 4.89. The zero-order valence-corrected chi connectivity index (χ0v) is 22.9. The molecule has 6 rings (SSSR count). The number of imidazole rings is 1. The monoisotopic (exact) mass is 537 g/mol. The second-order valence-corrected chi connectivity index (χ2v) is 11.4. The summed E-state index contributed by atoms with van der Waals surface area (Å²) in [5, 5.41) is 3.44. The lowest BCUT2D eigenvalue weighted by atomic mass is 9.80. The molecule has 3 aliphatic rings. The quantitative estimate of drug-likeness (QED) is 0.385. The lowest BCUT2D eigenvalue weighted by molar-refractivity contribution is 0.317. The lowest BCUT2D eigenvalue weighted by Gasteiger charge is -2.36. The largest absolute Gasteiger partial charge is 0.373 e. The molecule has 0 bridgehead atoms. The van der Waals surface area contributed by atoms with E-state index in [1.54, 1.807) is 18.5 Å². The van der Waals surface area contributed by atoms with Crippen molar-refractivity contribution in [3.8, 4) is 11.3 Å². The maximum atomic E-state index is 13.8. The molecular formula is C29H37ClFN7. The van der Waals surface area contributed by atoms with Crippen molar-refractivity contribution < 1.29 is 4.39 Å². The van der Waals surface area contributed by atoms with Crippen LogP contribution >= 0.6 is 11.6 Å². The molecule has 2 aromatic heterocycles. The number of anilines is 2. The molecule has 7 nitrogen and oxygen atoms in total. The van der Waals surface area contributed by atoms with Crippen LogP contribution in [0.3, 0.4) is 0 Å². The number of nitrogens with zero attached hydrogens (tertiary/aromatic N) is 6. The van der Waals surface area contributed by atoms with E-state index in [4.69, 9.17) is 21.6 Å². The molecule has 9 heteroatoms. The first-order valence-corrected chi connectivity index (χ1v) is 14.5. The summed E-state index contributed by atoms with van der Waals surface area (Å²) >= 11 is 6.12. The number of benzene rings is 1. The van der Waals surface area contributed by atoms with Crippen LogP contribution in [0, 0.1) is 5.82 Å². The van der Waals surface area contributed by atoms with Gasteiger partial charge in [-0.3, -0.25) is 0 Å². The fourth-order valence-corrected chi connectivity index (χ4v) is 6.43. The van der Waals surface area contributed by atoms with Crippen molar-refractivity contribution >= 4 is 23.2 Å². The zero-order valence-electron chi connectivity index (χ0n) is 22.2. The van der Waals surface area contributed by atoms with E-state index in [1.165, 1.54) is 56.8 Å². The van der Waals surface area contributed by atoms with Gasteiger partial charge in [-0.15, -0.1) is 0 Å². The predicted molar refractivity (Wildman–Crippen MR) is 151 cm³/mol. The molecule has 1 saturated carbocycles. The van der Waals surface area contributed by atoms with Crippen molar-refractivity contribution in [2.75, 3.05) is 50.0 Å². The molecule has 0 spiro atoms. The molecular weight excluding hydrogens is 501 g/mol. The summed E-state index contributed by atoms with van der Waals surface area (Å²) in [6.45, 7) is 6.20. The van der Waals surface area contributed by atoms with Crippen molar-refractivity contribution in [3.05, 3.63) is 53.0 Å². The van der Waals surface area contributed by atoms with Crippen LogP contribution in [0.2, 0.25) is 5.02 Å². The summed E-state index contributed by atoms with van der Waals surface area (Å²) in [5.74, 6) is 3.74. The number of aromatic nitrogens is 4. The highest BCUT2D eigenvalue weighted by atomic mass is 35.5. The van der Waals surface area contributed by atoms with Gasteiger partial charge in [-0.1, -0.05) is 18.0 Å². The molecule has 3 aromatic rings. The van der Waals surface area contributed by atoms with Crippen molar-refractivity contribution in [1.82, 2.24) is 24.4 Å². The Bertz CT molecular complexity index is 1260. The molecule has 3 fully saturated rings. The molecule has 0 amide bonds. The number of rotatable bonds is 8. The van der Waals surface area contributed by atoms with Crippen LogP contribution in [0.15, 0.2) is 30.7 Å². The Labute approximate surface area is 229 Å². The van der Waals surface area contributed by atoms with E-state index < -0.39 is 5.82 Å². The van der Waals surface area contributed by atoms with Gasteiger partial charge in [0.2, 0.25) is 0 Å². The summed E-state index contributed by atoms with van der Waals surface area (Å²) in [4.78, 5) is 19.4. The van der Waals surface area contributed by atoms with E-state index in [1.807, 2.05) is 7.05 Å². The van der Waals surface area contributed by atoms with Gasteiger partial charge in [0, 0.05) is 56.5 Å². The first kappa shape index (κ1) is 25.6. The highest BCUT2D eigenvalue weighted by Gasteiger charge is 2.32. The maximum absolute atomic E-state index is 13.8. The van der Waals surface area contributed by atoms with Gasteiger partial charge in [0.15, 0.2) is 0 Å². The predicted octanol–water partition coefficient (Wildman–Crippen LogP) is 5.92. The number of likely N-dealkylation sites (tertiary alicyclic amines) is 1. The minimum atomic E-state index is -0.399. The lowest BCUT2D eigenvalue weighted by Crippen LogP contribution is -2.36. The Balaban J connectivity index is 1.23. The molecule has 4 heterocycles. The van der Waals surface area contributed by atoms with Gasteiger partial charge in [-0.05, 0) is 75.7 Å². The van der Waals surface area contributed by atoms with E-state index in [9.17, 15) is 4.39 Å². The Morgan fingerprint density at radius 1 is 0.974 bits per heavy atom. The second kappa shape index (κ2) is 11.2. The Hall–Kier alpha value is -2.71. The molecule has 2 saturated heterocycles. The zero-order chi connectivity index (χ0) is 26.1. The van der Waals surface area contributed by atoms with E-state index in [0.717, 1.165) is 67.7 Å². The van der Waals surface area contributed by atoms with E-state index in [2.05, 4.69) is 30.9 Å². The topological polar surface area (TPSA) is 62.1 Å². The van der Waals surface area contributed by atoms with Crippen LogP contribution in [0.1, 0.15) is 68.2 Å². The average molecular weight is 538 g/mol. The minimum Gasteiger partial charge on any atom is -0.373 e. The van der Waals surface area contributed by atoms with Crippen molar-refractivity contribution in [1.29, 1.82) is 0 Å². The van der Waals surface area contributed by atoms with E-state index >= 15 is 0 Å². The van der Waals surface area contributed by atoms with Crippen LogP contribution in [-0.2, 0) is 6.54 Å². The van der Waals surface area contributed by atoms with Crippen LogP contribution < -0.4 is 10.2 Å². The number of halogens is 2. The highest BCUT2D eigenvalue weighted by molar-refractivity contribution is 6.31. The van der Waals surface area contributed by atoms with E-state index in [0.29, 0.717) is 11.8 Å². The highest BCUT2D eigenvalue weighted by Crippen LogP contribution is 2.44. The van der Waals surface area contributed by atoms with Gasteiger partial charge in [0.25, 0.3) is 0 Å². The second-order valence-electron chi connectivity index (χ2n) is 11.0.